The van der Waals surface area contributed by atoms with Crippen molar-refractivity contribution in [3.63, 3.8) is 0 Å². The average Bonchev–Trinajstić information content (AvgIpc) is 3.19. The molecule has 0 saturated heterocycles. The Labute approximate surface area is 143 Å². The summed E-state index contributed by atoms with van der Waals surface area (Å²) in [5.41, 5.74) is 3.17. The first-order valence-electron chi connectivity index (χ1n) is 8.25. The van der Waals surface area contributed by atoms with Gasteiger partial charge in [-0.05, 0) is 31.4 Å². The number of carbonyl (C=O) groups excluding carboxylic acids is 1. The lowest BCUT2D eigenvalue weighted by Crippen LogP contribution is -2.14. The molecule has 6 nitrogen and oxygen atoms in total. The number of anilines is 1. The molecule has 128 valence electrons. The van der Waals surface area contributed by atoms with E-state index in [1.165, 1.54) is 18.5 Å². The van der Waals surface area contributed by atoms with Gasteiger partial charge in [-0.1, -0.05) is 19.1 Å². The standard InChI is InChI=1S/C18H17FN4O2/c1-2-13-17(25-9-20-13)18(24)21-16-14(10-6-7-10)22-23-15(16)11-4-3-5-12(19)8-11/h3-5,8-10H,2,6-7H2,1H3,(H,21,24)(H,22,23). The first-order chi connectivity index (χ1) is 12.2. The SMILES string of the molecule is CCc1ncoc1C(=O)Nc1c(-c2cccc(F)c2)n[nH]c1C1CC1. The van der Waals surface area contributed by atoms with E-state index >= 15 is 0 Å². The number of amides is 1. The monoisotopic (exact) mass is 340 g/mol. The normalized spacial score (nSPS) is 13.8. The lowest BCUT2D eigenvalue weighted by Gasteiger charge is -2.08. The zero-order valence-corrected chi connectivity index (χ0v) is 13.7. The van der Waals surface area contributed by atoms with E-state index in [4.69, 9.17) is 4.42 Å². The van der Waals surface area contributed by atoms with Gasteiger partial charge in [-0.15, -0.1) is 0 Å². The fourth-order valence-electron chi connectivity index (χ4n) is 2.87. The van der Waals surface area contributed by atoms with E-state index in [1.54, 1.807) is 12.1 Å². The molecule has 0 spiro atoms. The number of nitrogens with one attached hydrogen (secondary N) is 2. The Bertz CT molecular complexity index is 927. The molecular weight excluding hydrogens is 323 g/mol. The highest BCUT2D eigenvalue weighted by atomic mass is 19.1. The molecule has 3 aromatic rings. The second kappa shape index (κ2) is 6.16. The summed E-state index contributed by atoms with van der Waals surface area (Å²) < 4.78 is 18.8. The molecule has 0 atom stereocenters. The van der Waals surface area contributed by atoms with E-state index in [1.807, 2.05) is 6.92 Å². The number of H-pyrrole nitrogens is 1. The van der Waals surface area contributed by atoms with Gasteiger partial charge in [0.2, 0.25) is 5.76 Å². The number of hydrogen-bond acceptors (Lipinski definition) is 4. The molecule has 1 fully saturated rings. The van der Waals surface area contributed by atoms with E-state index in [2.05, 4.69) is 20.5 Å². The third-order valence-corrected chi connectivity index (χ3v) is 4.30. The summed E-state index contributed by atoms with van der Waals surface area (Å²) in [5, 5.41) is 10.2. The molecule has 0 unspecified atom stereocenters. The molecule has 2 N–H and O–H groups in total. The quantitative estimate of drug-likeness (QED) is 0.738. The van der Waals surface area contributed by atoms with Gasteiger partial charge in [0.25, 0.3) is 5.91 Å². The molecule has 1 aliphatic carbocycles. The Morgan fingerprint density at radius 1 is 1.44 bits per heavy atom. The lowest BCUT2D eigenvalue weighted by atomic mass is 10.1. The van der Waals surface area contributed by atoms with Crippen LogP contribution >= 0.6 is 0 Å². The van der Waals surface area contributed by atoms with Crippen LogP contribution in [-0.4, -0.2) is 21.1 Å². The summed E-state index contributed by atoms with van der Waals surface area (Å²) in [6, 6.07) is 6.15. The molecule has 1 aliphatic rings. The number of halogens is 1. The topological polar surface area (TPSA) is 83.8 Å². The third-order valence-electron chi connectivity index (χ3n) is 4.30. The summed E-state index contributed by atoms with van der Waals surface area (Å²) in [5.74, 6) is -0.203. The number of hydrogen-bond donors (Lipinski definition) is 2. The number of aromatic nitrogens is 3. The van der Waals surface area contributed by atoms with Crippen LogP contribution in [0.15, 0.2) is 35.1 Å². The first-order valence-corrected chi connectivity index (χ1v) is 8.25. The van der Waals surface area contributed by atoms with Crippen LogP contribution in [0.4, 0.5) is 10.1 Å². The van der Waals surface area contributed by atoms with E-state index in [-0.39, 0.29) is 17.5 Å². The Morgan fingerprint density at radius 3 is 3.00 bits per heavy atom. The van der Waals surface area contributed by atoms with Crippen LogP contribution in [-0.2, 0) is 6.42 Å². The smallest absolute Gasteiger partial charge is 0.293 e. The van der Waals surface area contributed by atoms with Crippen molar-refractivity contribution in [1.29, 1.82) is 0 Å². The van der Waals surface area contributed by atoms with Crippen LogP contribution in [0.3, 0.4) is 0 Å². The summed E-state index contributed by atoms with van der Waals surface area (Å²) in [6.07, 6.45) is 3.93. The van der Waals surface area contributed by atoms with Gasteiger partial charge in [-0.3, -0.25) is 9.89 Å². The average molecular weight is 340 g/mol. The Kier molecular flexibility index (Phi) is 3.83. The van der Waals surface area contributed by atoms with Crippen molar-refractivity contribution >= 4 is 11.6 Å². The zero-order valence-electron chi connectivity index (χ0n) is 13.7. The van der Waals surface area contributed by atoms with Crippen molar-refractivity contribution in [2.45, 2.75) is 32.1 Å². The fraction of sp³-hybridized carbons (Fsp3) is 0.278. The molecule has 0 bridgehead atoms. The number of aryl methyl sites for hydroxylation is 1. The molecule has 2 heterocycles. The molecule has 0 aliphatic heterocycles. The van der Waals surface area contributed by atoms with Crippen molar-refractivity contribution < 1.29 is 13.6 Å². The summed E-state index contributed by atoms with van der Waals surface area (Å²) in [7, 11) is 0. The summed E-state index contributed by atoms with van der Waals surface area (Å²) >= 11 is 0. The zero-order chi connectivity index (χ0) is 17.4. The molecule has 1 amide bonds. The van der Waals surface area contributed by atoms with E-state index in [0.717, 1.165) is 18.5 Å². The third kappa shape index (κ3) is 2.93. The molecule has 1 saturated carbocycles. The van der Waals surface area contributed by atoms with E-state index in [0.29, 0.717) is 35.0 Å². The van der Waals surface area contributed by atoms with Gasteiger partial charge in [-0.25, -0.2) is 9.37 Å². The second-order valence-corrected chi connectivity index (χ2v) is 6.08. The summed E-state index contributed by atoms with van der Waals surface area (Å²) in [6.45, 7) is 1.90. The van der Waals surface area contributed by atoms with Crippen molar-refractivity contribution in [2.75, 3.05) is 5.32 Å². The van der Waals surface area contributed by atoms with Gasteiger partial charge in [0.1, 0.15) is 11.5 Å². The van der Waals surface area contributed by atoms with Gasteiger partial charge in [-0.2, -0.15) is 5.10 Å². The van der Waals surface area contributed by atoms with Gasteiger partial charge >= 0.3 is 0 Å². The van der Waals surface area contributed by atoms with Crippen LogP contribution in [0.5, 0.6) is 0 Å². The van der Waals surface area contributed by atoms with Crippen LogP contribution < -0.4 is 5.32 Å². The predicted octanol–water partition coefficient (Wildman–Crippen LogP) is 3.90. The van der Waals surface area contributed by atoms with Gasteiger partial charge < -0.3 is 9.73 Å². The minimum absolute atomic E-state index is 0.190. The Hall–Kier alpha value is -2.96. The van der Waals surface area contributed by atoms with Gasteiger partial charge in [0, 0.05) is 11.5 Å². The Morgan fingerprint density at radius 2 is 2.28 bits per heavy atom. The van der Waals surface area contributed by atoms with Crippen molar-refractivity contribution in [3.8, 4) is 11.3 Å². The minimum Gasteiger partial charge on any atom is -0.438 e. The maximum absolute atomic E-state index is 13.6. The van der Waals surface area contributed by atoms with Crippen molar-refractivity contribution in [1.82, 2.24) is 15.2 Å². The number of oxazole rings is 1. The highest BCUT2D eigenvalue weighted by Gasteiger charge is 2.31. The molecule has 0 radical (unpaired) electrons. The summed E-state index contributed by atoms with van der Waals surface area (Å²) in [4.78, 5) is 16.7. The van der Waals surface area contributed by atoms with Crippen LogP contribution in [0.2, 0.25) is 0 Å². The van der Waals surface area contributed by atoms with Crippen molar-refractivity contribution in [3.05, 3.63) is 53.6 Å². The maximum atomic E-state index is 13.6. The fourth-order valence-corrected chi connectivity index (χ4v) is 2.87. The van der Waals surface area contributed by atoms with Crippen LogP contribution in [0.1, 0.15) is 47.6 Å². The maximum Gasteiger partial charge on any atom is 0.293 e. The number of nitrogens with zero attached hydrogens (tertiary/aromatic N) is 2. The molecular formula is C18H17FN4O2. The van der Waals surface area contributed by atoms with Crippen LogP contribution in [0, 0.1) is 5.82 Å². The molecule has 1 aromatic carbocycles. The highest BCUT2D eigenvalue weighted by molar-refractivity contribution is 6.05. The number of rotatable bonds is 5. The second-order valence-electron chi connectivity index (χ2n) is 6.08. The van der Waals surface area contributed by atoms with Crippen molar-refractivity contribution in [2.24, 2.45) is 0 Å². The van der Waals surface area contributed by atoms with E-state index < -0.39 is 0 Å². The Balaban J connectivity index is 1.72. The molecule has 4 rings (SSSR count). The lowest BCUT2D eigenvalue weighted by molar-refractivity contribution is 0.0995. The highest BCUT2D eigenvalue weighted by Crippen LogP contribution is 2.45. The number of carbonyl (C=O) groups is 1. The first kappa shape index (κ1) is 15.6. The van der Waals surface area contributed by atoms with Gasteiger partial charge in [0.05, 0.1) is 17.1 Å². The number of benzene rings is 1. The van der Waals surface area contributed by atoms with Crippen LogP contribution in [0.25, 0.3) is 11.3 Å². The largest absolute Gasteiger partial charge is 0.438 e. The number of aromatic amines is 1. The van der Waals surface area contributed by atoms with E-state index in [9.17, 15) is 9.18 Å². The molecule has 25 heavy (non-hydrogen) atoms. The van der Waals surface area contributed by atoms with Gasteiger partial charge in [0.15, 0.2) is 6.39 Å². The predicted molar refractivity (Wildman–Crippen MR) is 89.8 cm³/mol. The minimum atomic E-state index is -0.379. The molecule has 2 aromatic heterocycles. The molecule has 7 heteroatoms.